The number of aromatic amines is 1. The average Bonchev–Trinajstić information content (AvgIpc) is 3.27. The first kappa shape index (κ1) is 26.3. The lowest BCUT2D eigenvalue weighted by Gasteiger charge is -2.23. The number of aryl methyl sites for hydroxylation is 1. The molecule has 1 amide bonds. The zero-order valence-corrected chi connectivity index (χ0v) is 19.9. The van der Waals surface area contributed by atoms with Crippen LogP contribution in [0.4, 0.5) is 14.9 Å². The number of carbonyl (C=O) groups is 2. The number of nitro benzene ring substituents is 1. The number of pyridine rings is 1. The van der Waals surface area contributed by atoms with Crippen molar-refractivity contribution in [3.05, 3.63) is 75.7 Å². The van der Waals surface area contributed by atoms with Gasteiger partial charge in [0.15, 0.2) is 0 Å². The van der Waals surface area contributed by atoms with Crippen LogP contribution in [0, 0.1) is 15.9 Å². The zero-order chi connectivity index (χ0) is 26.5. The molecular weight excluding hydrogens is 473 g/mol. The number of imidazole rings is 1. The molecule has 0 aliphatic rings. The second kappa shape index (κ2) is 10.9. The van der Waals surface area contributed by atoms with Crippen molar-refractivity contribution in [2.45, 2.75) is 51.7 Å². The summed E-state index contributed by atoms with van der Waals surface area (Å²) < 4.78 is 19.5. The molecule has 3 rings (SSSR count). The van der Waals surface area contributed by atoms with Crippen LogP contribution < -0.4 is 5.32 Å². The number of hydrogen-bond acceptors (Lipinski definition) is 7. The molecule has 3 N–H and O–H groups in total. The third-order valence-electron chi connectivity index (χ3n) is 4.96. The lowest BCUT2D eigenvalue weighted by Crippen LogP contribution is -2.36. The van der Waals surface area contributed by atoms with Gasteiger partial charge in [0.2, 0.25) is 0 Å². The van der Waals surface area contributed by atoms with E-state index < -0.39 is 34.4 Å². The van der Waals surface area contributed by atoms with Gasteiger partial charge in [-0.2, -0.15) is 0 Å². The molecule has 0 spiro atoms. The number of carbonyl (C=O) groups excluding carboxylic acids is 1. The van der Waals surface area contributed by atoms with Gasteiger partial charge in [-0.3, -0.25) is 19.9 Å². The van der Waals surface area contributed by atoms with Crippen LogP contribution >= 0.6 is 0 Å². The number of benzene rings is 1. The summed E-state index contributed by atoms with van der Waals surface area (Å²) in [7, 11) is 0. The van der Waals surface area contributed by atoms with Crippen molar-refractivity contribution in [1.82, 2.24) is 20.3 Å². The summed E-state index contributed by atoms with van der Waals surface area (Å²) in [6.07, 6.45) is 0.428. The fourth-order valence-corrected chi connectivity index (χ4v) is 3.42. The largest absolute Gasteiger partial charge is 0.481 e. The Morgan fingerprint density at radius 3 is 2.61 bits per heavy atom. The van der Waals surface area contributed by atoms with Gasteiger partial charge in [0, 0.05) is 30.8 Å². The number of hydrogen-bond donors (Lipinski definition) is 3. The molecule has 1 aromatic carbocycles. The number of carboxylic acids is 1. The van der Waals surface area contributed by atoms with Gasteiger partial charge >= 0.3 is 12.1 Å². The number of carboxylic acid groups (broad SMARTS) is 1. The summed E-state index contributed by atoms with van der Waals surface area (Å²) in [5.41, 5.74) is 0.0495. The molecule has 2 aromatic heterocycles. The molecule has 12 heteroatoms. The standard InChI is InChI=1S/C24H26FN5O6/c1-24(2,3)36-23(33)29-18(12-14-8-9-16(25)17(27-14)10-11-21(31)32)22-26-13-19(28-22)15-6-4-5-7-20(15)30(34)35/h4-9,13,18H,10-12H2,1-3H3,(H,26,28)(H,29,33)(H,31,32). The monoisotopic (exact) mass is 499 g/mol. The first-order valence-electron chi connectivity index (χ1n) is 11.1. The number of rotatable bonds is 9. The van der Waals surface area contributed by atoms with E-state index in [4.69, 9.17) is 9.84 Å². The van der Waals surface area contributed by atoms with Crippen molar-refractivity contribution in [1.29, 1.82) is 0 Å². The number of aromatic nitrogens is 3. The van der Waals surface area contributed by atoms with Crippen LogP contribution in [0.2, 0.25) is 0 Å². The van der Waals surface area contributed by atoms with E-state index in [2.05, 4.69) is 20.3 Å². The predicted molar refractivity (Wildman–Crippen MR) is 127 cm³/mol. The number of ether oxygens (including phenoxy) is 1. The second-order valence-corrected chi connectivity index (χ2v) is 8.97. The second-order valence-electron chi connectivity index (χ2n) is 8.97. The quantitative estimate of drug-likeness (QED) is 0.289. The number of para-hydroxylation sites is 1. The number of H-pyrrole nitrogens is 1. The van der Waals surface area contributed by atoms with Gasteiger partial charge in [0.25, 0.3) is 5.69 Å². The van der Waals surface area contributed by atoms with Crippen molar-refractivity contribution in [2.75, 3.05) is 0 Å². The molecule has 2 heterocycles. The topological polar surface area (TPSA) is 160 Å². The number of nitrogens with one attached hydrogen (secondary N) is 2. The van der Waals surface area contributed by atoms with E-state index >= 15 is 0 Å². The van der Waals surface area contributed by atoms with Crippen LogP contribution in [0.25, 0.3) is 11.3 Å². The molecule has 0 bridgehead atoms. The van der Waals surface area contributed by atoms with Crippen molar-refractivity contribution in [3.63, 3.8) is 0 Å². The fraction of sp³-hybridized carbons (Fsp3) is 0.333. The number of nitro groups is 1. The molecule has 190 valence electrons. The van der Waals surface area contributed by atoms with Crippen molar-refractivity contribution < 1.29 is 28.7 Å². The zero-order valence-electron chi connectivity index (χ0n) is 19.9. The number of alkyl carbamates (subject to hydrolysis) is 1. The molecule has 1 atom stereocenters. The van der Waals surface area contributed by atoms with Gasteiger partial charge in [-0.25, -0.2) is 14.2 Å². The van der Waals surface area contributed by atoms with Crippen LogP contribution in [0.1, 0.15) is 50.4 Å². The van der Waals surface area contributed by atoms with E-state index in [9.17, 15) is 24.1 Å². The Balaban J connectivity index is 1.93. The van der Waals surface area contributed by atoms with Crippen LogP contribution in [0.15, 0.2) is 42.6 Å². The predicted octanol–water partition coefficient (Wildman–Crippen LogP) is 4.34. The maximum atomic E-state index is 14.2. The summed E-state index contributed by atoms with van der Waals surface area (Å²) in [5, 5.41) is 23.0. The molecular formula is C24H26FN5O6. The minimum Gasteiger partial charge on any atom is -0.481 e. The summed E-state index contributed by atoms with van der Waals surface area (Å²) >= 11 is 0. The van der Waals surface area contributed by atoms with Gasteiger partial charge in [-0.15, -0.1) is 0 Å². The van der Waals surface area contributed by atoms with Crippen molar-refractivity contribution in [3.8, 4) is 11.3 Å². The Hall–Kier alpha value is -4.35. The first-order valence-corrected chi connectivity index (χ1v) is 11.1. The SMILES string of the molecule is CC(C)(C)OC(=O)NC(Cc1ccc(F)c(CCC(=O)O)n1)c1nc(-c2ccccc2[N+](=O)[O-])c[nH]1. The molecule has 0 aliphatic carbocycles. The van der Waals surface area contributed by atoms with E-state index in [1.807, 2.05) is 0 Å². The Morgan fingerprint density at radius 2 is 1.94 bits per heavy atom. The number of nitrogens with zero attached hydrogens (tertiary/aromatic N) is 3. The first-order chi connectivity index (χ1) is 16.9. The third-order valence-corrected chi connectivity index (χ3v) is 4.96. The van der Waals surface area contributed by atoms with E-state index in [0.717, 1.165) is 0 Å². The normalized spacial score (nSPS) is 12.1. The highest BCUT2D eigenvalue weighted by Gasteiger charge is 2.25. The Bertz CT molecular complexity index is 1270. The highest BCUT2D eigenvalue weighted by Crippen LogP contribution is 2.29. The molecule has 0 radical (unpaired) electrons. The minimum atomic E-state index is -1.08. The smallest absolute Gasteiger partial charge is 0.408 e. The van der Waals surface area contributed by atoms with Gasteiger partial charge in [-0.05, 0) is 39.0 Å². The average molecular weight is 499 g/mol. The van der Waals surface area contributed by atoms with E-state index in [1.54, 1.807) is 39.0 Å². The molecule has 11 nitrogen and oxygen atoms in total. The number of amides is 1. The lowest BCUT2D eigenvalue weighted by atomic mass is 10.1. The van der Waals surface area contributed by atoms with Gasteiger partial charge in [-0.1, -0.05) is 12.1 Å². The molecule has 0 saturated heterocycles. The molecule has 3 aromatic rings. The molecule has 0 fully saturated rings. The van der Waals surface area contributed by atoms with Crippen LogP contribution in [0.5, 0.6) is 0 Å². The van der Waals surface area contributed by atoms with Crippen molar-refractivity contribution >= 4 is 17.7 Å². The molecule has 0 aliphatic heterocycles. The van der Waals surface area contributed by atoms with Crippen LogP contribution in [0.3, 0.4) is 0 Å². The Labute approximate surface area is 205 Å². The van der Waals surface area contributed by atoms with Crippen LogP contribution in [-0.2, 0) is 22.4 Å². The number of aliphatic carboxylic acids is 1. The third kappa shape index (κ3) is 7.08. The molecule has 0 saturated carbocycles. The summed E-state index contributed by atoms with van der Waals surface area (Å²) in [6.45, 7) is 5.12. The summed E-state index contributed by atoms with van der Waals surface area (Å²) in [6, 6.07) is 7.91. The lowest BCUT2D eigenvalue weighted by molar-refractivity contribution is -0.384. The minimum absolute atomic E-state index is 0.00837. The highest BCUT2D eigenvalue weighted by molar-refractivity contribution is 5.71. The maximum absolute atomic E-state index is 14.2. The van der Waals surface area contributed by atoms with E-state index in [1.165, 1.54) is 24.4 Å². The van der Waals surface area contributed by atoms with Gasteiger partial charge in [0.1, 0.15) is 17.2 Å². The Morgan fingerprint density at radius 1 is 1.22 bits per heavy atom. The van der Waals surface area contributed by atoms with Gasteiger partial charge in [0.05, 0.1) is 34.3 Å². The van der Waals surface area contributed by atoms with Crippen molar-refractivity contribution in [2.24, 2.45) is 0 Å². The van der Waals surface area contributed by atoms with Crippen LogP contribution in [-0.4, -0.2) is 42.6 Å². The maximum Gasteiger partial charge on any atom is 0.408 e. The fourth-order valence-electron chi connectivity index (χ4n) is 3.42. The Kier molecular flexibility index (Phi) is 7.97. The molecule has 1 unspecified atom stereocenters. The van der Waals surface area contributed by atoms with Gasteiger partial charge < -0.3 is 20.1 Å². The number of halogens is 1. The van der Waals surface area contributed by atoms with E-state index in [-0.39, 0.29) is 42.0 Å². The van der Waals surface area contributed by atoms with E-state index in [0.29, 0.717) is 11.4 Å². The highest BCUT2D eigenvalue weighted by atomic mass is 19.1. The molecule has 36 heavy (non-hydrogen) atoms. The summed E-state index contributed by atoms with van der Waals surface area (Å²) in [5.74, 6) is -1.44. The summed E-state index contributed by atoms with van der Waals surface area (Å²) in [4.78, 5) is 46.0.